The number of aromatic hydroxyl groups is 3. The van der Waals surface area contributed by atoms with Crippen molar-refractivity contribution in [3.8, 4) is 34.1 Å². The largest absolute Gasteiger partial charge is 0.507 e. The second-order valence-electron chi connectivity index (χ2n) is 6.17. The molecule has 0 amide bonds. The minimum atomic E-state index is -0.812. The highest BCUT2D eigenvalue weighted by atomic mass is 16.4. The molecule has 0 aliphatic carbocycles. The zero-order valence-electron chi connectivity index (χ0n) is 14.4. The second kappa shape index (κ2) is 6.17. The van der Waals surface area contributed by atoms with Gasteiger partial charge in [0.2, 0.25) is 0 Å². The first kappa shape index (κ1) is 16.7. The fourth-order valence-corrected chi connectivity index (χ4v) is 3.20. The summed E-state index contributed by atoms with van der Waals surface area (Å²) in [6.07, 6.45) is 3.31. The molecule has 0 fully saturated rings. The number of pyridine rings is 1. The third kappa shape index (κ3) is 2.58. The third-order valence-corrected chi connectivity index (χ3v) is 4.46. The number of para-hydroxylation sites is 1. The van der Waals surface area contributed by atoms with Crippen molar-refractivity contribution in [2.24, 2.45) is 0 Å². The zero-order chi connectivity index (χ0) is 19.1. The quantitative estimate of drug-likeness (QED) is 0.289. The maximum absolute atomic E-state index is 12.7. The van der Waals surface area contributed by atoms with Gasteiger partial charge in [-0.05, 0) is 30.7 Å². The number of hydrogen-bond acceptors (Lipinski definition) is 5. The number of hydrogen-bond donors (Lipinski definition) is 3. The van der Waals surface area contributed by atoms with Crippen LogP contribution in [-0.2, 0) is 0 Å². The summed E-state index contributed by atoms with van der Waals surface area (Å²) in [4.78, 5) is 12.7. The van der Waals surface area contributed by atoms with Gasteiger partial charge in [-0.1, -0.05) is 18.2 Å². The molecule has 134 valence electrons. The summed E-state index contributed by atoms with van der Waals surface area (Å²) < 4.78 is 6.97. The van der Waals surface area contributed by atoms with Crippen LogP contribution >= 0.6 is 0 Å². The predicted molar refractivity (Wildman–Crippen MR) is 99.2 cm³/mol. The lowest BCUT2D eigenvalue weighted by Gasteiger charge is -2.11. The highest BCUT2D eigenvalue weighted by molar-refractivity contribution is 5.94. The van der Waals surface area contributed by atoms with Crippen LogP contribution in [0.1, 0.15) is 5.56 Å². The van der Waals surface area contributed by atoms with E-state index in [2.05, 4.69) is 0 Å². The van der Waals surface area contributed by atoms with Crippen molar-refractivity contribution in [1.82, 2.24) is 0 Å². The Kier molecular flexibility index (Phi) is 3.81. The molecule has 0 unspecified atom stereocenters. The molecule has 4 rings (SSSR count). The third-order valence-electron chi connectivity index (χ3n) is 4.46. The van der Waals surface area contributed by atoms with E-state index < -0.39 is 5.63 Å². The lowest BCUT2D eigenvalue weighted by molar-refractivity contribution is -0.595. The van der Waals surface area contributed by atoms with Gasteiger partial charge in [-0.15, -0.1) is 0 Å². The molecule has 0 aliphatic rings. The molecular formula is C21H16NO5+. The van der Waals surface area contributed by atoms with Crippen molar-refractivity contribution in [1.29, 1.82) is 0 Å². The van der Waals surface area contributed by atoms with Gasteiger partial charge in [-0.25, -0.2) is 4.79 Å². The summed E-state index contributed by atoms with van der Waals surface area (Å²) in [7, 11) is 0. The molecule has 2 heterocycles. The van der Waals surface area contributed by atoms with Crippen molar-refractivity contribution in [3.05, 3.63) is 76.9 Å². The minimum Gasteiger partial charge on any atom is -0.507 e. The van der Waals surface area contributed by atoms with Gasteiger partial charge in [0.1, 0.15) is 28.2 Å². The Morgan fingerprint density at radius 1 is 0.852 bits per heavy atom. The summed E-state index contributed by atoms with van der Waals surface area (Å²) in [5, 5.41) is 32.1. The summed E-state index contributed by atoms with van der Waals surface area (Å²) in [6.45, 7) is 1.77. The summed E-state index contributed by atoms with van der Waals surface area (Å²) >= 11 is 0. The number of rotatable bonds is 2. The van der Waals surface area contributed by atoms with Crippen LogP contribution in [0.15, 0.2) is 70.1 Å². The molecule has 6 nitrogen and oxygen atoms in total. The normalized spacial score (nSPS) is 11.0. The second-order valence-corrected chi connectivity index (χ2v) is 6.17. The molecule has 0 aliphatic heterocycles. The van der Waals surface area contributed by atoms with Gasteiger partial charge in [-0.2, -0.15) is 4.57 Å². The van der Waals surface area contributed by atoms with E-state index >= 15 is 0 Å². The monoisotopic (exact) mass is 362 g/mol. The number of phenolic OH excluding ortho intramolecular Hbond substituents is 2. The number of benzene rings is 2. The summed E-state index contributed by atoms with van der Waals surface area (Å²) in [6, 6.07) is 13.0. The Labute approximate surface area is 153 Å². The standard InChI is InChI=1S/C21H15NO5/c1-12-6-5-7-13-19(25)17(21(26)27-20(12)13)16-14(23)8-9-15(24)18(16)22-10-3-2-4-11-22/h2-11H,1H3,(H2-,23,24,25,26)/p+1. The Morgan fingerprint density at radius 3 is 2.30 bits per heavy atom. The number of nitrogens with zero attached hydrogens (tertiary/aromatic N) is 1. The number of phenols is 2. The molecule has 0 radical (unpaired) electrons. The van der Waals surface area contributed by atoms with Gasteiger partial charge >= 0.3 is 5.63 Å². The van der Waals surface area contributed by atoms with Crippen LogP contribution in [0.2, 0.25) is 0 Å². The van der Waals surface area contributed by atoms with Gasteiger partial charge < -0.3 is 19.7 Å². The van der Waals surface area contributed by atoms with Crippen molar-refractivity contribution in [3.63, 3.8) is 0 Å². The first-order valence-corrected chi connectivity index (χ1v) is 8.26. The fraction of sp³-hybridized carbons (Fsp3) is 0.0476. The maximum atomic E-state index is 12.7. The van der Waals surface area contributed by atoms with Crippen LogP contribution in [-0.4, -0.2) is 15.3 Å². The van der Waals surface area contributed by atoms with E-state index in [1.54, 1.807) is 60.3 Å². The van der Waals surface area contributed by atoms with Crippen molar-refractivity contribution in [2.75, 3.05) is 0 Å². The van der Waals surface area contributed by atoms with Gasteiger partial charge in [0.05, 0.1) is 5.39 Å². The molecule has 6 heteroatoms. The van der Waals surface area contributed by atoms with Crippen molar-refractivity contribution in [2.45, 2.75) is 6.92 Å². The van der Waals surface area contributed by atoms with Crippen LogP contribution in [0, 0.1) is 6.92 Å². The zero-order valence-corrected chi connectivity index (χ0v) is 14.4. The highest BCUT2D eigenvalue weighted by Crippen LogP contribution is 2.42. The Bertz CT molecular complexity index is 1230. The molecule has 0 saturated heterocycles. The smallest absolute Gasteiger partial charge is 0.348 e. The molecule has 0 saturated carbocycles. The van der Waals surface area contributed by atoms with Gasteiger partial charge in [0.25, 0.3) is 5.69 Å². The SMILES string of the molecule is Cc1cccc2c(O)c(-c3c(O)ccc(O)c3-[n+]3ccccc3)c(=O)oc12. The first-order chi connectivity index (χ1) is 13.0. The minimum absolute atomic E-state index is 0.0131. The van der Waals surface area contributed by atoms with E-state index in [1.807, 2.05) is 0 Å². The molecule has 4 aromatic rings. The molecule has 0 spiro atoms. The van der Waals surface area contributed by atoms with E-state index in [4.69, 9.17) is 4.42 Å². The fourth-order valence-electron chi connectivity index (χ4n) is 3.20. The Balaban J connectivity index is 2.15. The van der Waals surface area contributed by atoms with E-state index in [9.17, 15) is 20.1 Å². The van der Waals surface area contributed by atoms with Crippen LogP contribution in [0.3, 0.4) is 0 Å². The van der Waals surface area contributed by atoms with Crippen LogP contribution in [0.25, 0.3) is 27.8 Å². The Hall–Kier alpha value is -3.80. The average molecular weight is 362 g/mol. The predicted octanol–water partition coefficient (Wildman–Crippen LogP) is 3.16. The molecule has 3 N–H and O–H groups in total. The van der Waals surface area contributed by atoms with E-state index in [1.165, 1.54) is 12.1 Å². The molecular weight excluding hydrogens is 346 g/mol. The van der Waals surface area contributed by atoms with Crippen molar-refractivity contribution < 1.29 is 24.3 Å². The summed E-state index contributed by atoms with van der Waals surface area (Å²) in [5.41, 5.74) is 0.0911. The summed E-state index contributed by atoms with van der Waals surface area (Å²) in [5.74, 6) is -0.750. The Morgan fingerprint density at radius 2 is 1.56 bits per heavy atom. The number of aryl methyl sites for hydroxylation is 1. The molecule has 0 atom stereocenters. The highest BCUT2D eigenvalue weighted by Gasteiger charge is 2.29. The van der Waals surface area contributed by atoms with Crippen LogP contribution in [0.4, 0.5) is 0 Å². The molecule has 27 heavy (non-hydrogen) atoms. The molecule has 2 aromatic carbocycles. The topological polar surface area (TPSA) is 94.8 Å². The maximum Gasteiger partial charge on any atom is 0.348 e. The average Bonchev–Trinajstić information content (AvgIpc) is 2.66. The van der Waals surface area contributed by atoms with Crippen LogP contribution < -0.4 is 10.2 Å². The van der Waals surface area contributed by atoms with Crippen LogP contribution in [0.5, 0.6) is 17.2 Å². The van der Waals surface area contributed by atoms with Crippen molar-refractivity contribution >= 4 is 11.0 Å². The molecule has 2 aromatic heterocycles. The lowest BCUT2D eigenvalue weighted by Crippen LogP contribution is -2.30. The van der Waals surface area contributed by atoms with Gasteiger partial charge in [0, 0.05) is 12.1 Å². The number of aromatic nitrogens is 1. The first-order valence-electron chi connectivity index (χ1n) is 8.26. The number of fused-ring (bicyclic) bond motifs is 1. The molecule has 0 bridgehead atoms. The van der Waals surface area contributed by atoms with Gasteiger partial charge in [-0.3, -0.25) is 0 Å². The van der Waals surface area contributed by atoms with Gasteiger partial charge in [0.15, 0.2) is 18.1 Å². The van der Waals surface area contributed by atoms with E-state index in [0.717, 1.165) is 0 Å². The van der Waals surface area contributed by atoms with E-state index in [0.29, 0.717) is 10.9 Å². The lowest BCUT2D eigenvalue weighted by atomic mass is 9.99. The van der Waals surface area contributed by atoms with E-state index in [-0.39, 0.29) is 39.6 Å².